The first kappa shape index (κ1) is 23.4. The fourth-order valence-corrected chi connectivity index (χ4v) is 5.82. The van der Waals surface area contributed by atoms with Crippen molar-refractivity contribution in [3.05, 3.63) is 27.8 Å². The van der Waals surface area contributed by atoms with E-state index in [1.165, 1.54) is 4.90 Å². The third-order valence-corrected chi connectivity index (χ3v) is 7.21. The van der Waals surface area contributed by atoms with Crippen molar-refractivity contribution >= 4 is 51.7 Å². The van der Waals surface area contributed by atoms with E-state index in [0.29, 0.717) is 38.6 Å². The molecule has 4 heterocycles. The summed E-state index contributed by atoms with van der Waals surface area (Å²) in [6.45, 7) is 9.12. The lowest BCUT2D eigenvalue weighted by Crippen LogP contribution is -2.43. The summed E-state index contributed by atoms with van der Waals surface area (Å²) in [5, 5.41) is 35.3. The van der Waals surface area contributed by atoms with Crippen molar-refractivity contribution in [1.82, 2.24) is 20.3 Å². The van der Waals surface area contributed by atoms with E-state index >= 15 is 0 Å². The number of carbonyl (C=O) groups is 1. The summed E-state index contributed by atoms with van der Waals surface area (Å²) >= 11 is 2.27. The Hall–Kier alpha value is -2.77. The van der Waals surface area contributed by atoms with Gasteiger partial charge in [-0.25, -0.2) is 15.0 Å². The fourth-order valence-electron chi connectivity index (χ4n) is 3.93. The highest BCUT2D eigenvalue weighted by Gasteiger charge is 2.39. The molecule has 4 rings (SSSR count). The second-order valence-corrected chi connectivity index (χ2v) is 10.2. The maximum absolute atomic E-state index is 13.4. The summed E-state index contributed by atoms with van der Waals surface area (Å²) in [5.74, 6) is -0.414. The number of amides is 1. The van der Waals surface area contributed by atoms with E-state index in [1.807, 2.05) is 13.8 Å². The molecule has 0 aromatic carbocycles. The first-order valence-electron chi connectivity index (χ1n) is 10.4. The second kappa shape index (κ2) is 8.88. The number of hydrogen-bond acceptors (Lipinski definition) is 10. The molecule has 1 amide bonds. The van der Waals surface area contributed by atoms with Crippen molar-refractivity contribution in [2.24, 2.45) is 10.3 Å². The summed E-state index contributed by atoms with van der Waals surface area (Å²) < 4.78 is 4.00. The van der Waals surface area contributed by atoms with Crippen LogP contribution in [0.2, 0.25) is 0 Å². The van der Waals surface area contributed by atoms with Gasteiger partial charge in [0, 0.05) is 24.4 Å². The third-order valence-electron chi connectivity index (χ3n) is 5.23. The minimum Gasteiger partial charge on any atom is -0.495 e. The Morgan fingerprint density at radius 3 is 2.64 bits per heavy atom. The number of aryl methyl sites for hydroxylation is 3. The molecule has 0 aliphatic carbocycles. The molecule has 2 aliphatic heterocycles. The van der Waals surface area contributed by atoms with Gasteiger partial charge in [0.15, 0.2) is 5.13 Å². The van der Waals surface area contributed by atoms with Crippen LogP contribution in [0.4, 0.5) is 10.8 Å². The van der Waals surface area contributed by atoms with Gasteiger partial charge in [0.1, 0.15) is 34.1 Å². The average Bonchev–Trinajstić information content (AvgIpc) is 3.35. The topological polar surface area (TPSA) is 160 Å². The van der Waals surface area contributed by atoms with Gasteiger partial charge in [-0.1, -0.05) is 11.3 Å². The van der Waals surface area contributed by atoms with Crippen LogP contribution in [0.1, 0.15) is 46.4 Å². The van der Waals surface area contributed by atoms with Crippen LogP contribution in [0.5, 0.6) is 0 Å². The Morgan fingerprint density at radius 2 is 1.94 bits per heavy atom. The Balaban J connectivity index is 1.56. The van der Waals surface area contributed by atoms with Crippen molar-refractivity contribution < 1.29 is 15.0 Å². The zero-order chi connectivity index (χ0) is 24.0. The maximum atomic E-state index is 13.4. The van der Waals surface area contributed by atoms with Gasteiger partial charge in [0.25, 0.3) is 5.91 Å². The molecule has 0 fully saturated rings. The molecule has 176 valence electrons. The van der Waals surface area contributed by atoms with Gasteiger partial charge in [-0.3, -0.25) is 15.1 Å². The van der Waals surface area contributed by atoms with E-state index in [1.54, 1.807) is 20.8 Å². The normalized spacial score (nSPS) is 21.8. The van der Waals surface area contributed by atoms with Gasteiger partial charge in [-0.15, -0.1) is 0 Å². The van der Waals surface area contributed by atoms with Gasteiger partial charge in [-0.05, 0) is 34.6 Å². The van der Waals surface area contributed by atoms with E-state index in [2.05, 4.69) is 30.0 Å². The first-order valence-corrected chi connectivity index (χ1v) is 12.1. The third kappa shape index (κ3) is 4.39. The molecule has 2 aliphatic rings. The van der Waals surface area contributed by atoms with Crippen molar-refractivity contribution in [2.75, 3.05) is 10.2 Å². The number of thiazole rings is 1. The van der Waals surface area contributed by atoms with Gasteiger partial charge in [-0.2, -0.15) is 4.40 Å². The van der Waals surface area contributed by atoms with E-state index < -0.39 is 17.5 Å². The predicted octanol–water partition coefficient (Wildman–Crippen LogP) is 2.33. The fraction of sp³-hybridized carbons (Fsp3) is 0.500. The number of anilines is 2. The number of nitrogens with one attached hydrogen (secondary N) is 3. The number of nitrogens with zero attached hydrogens (tertiary/aromatic N) is 5. The van der Waals surface area contributed by atoms with Crippen molar-refractivity contribution in [2.45, 2.75) is 58.7 Å². The van der Waals surface area contributed by atoms with Crippen LogP contribution in [0, 0.1) is 32.1 Å². The zero-order valence-electron chi connectivity index (χ0n) is 18.9. The van der Waals surface area contributed by atoms with Crippen molar-refractivity contribution in [3.8, 4) is 0 Å². The van der Waals surface area contributed by atoms with Crippen LogP contribution in [0.15, 0.2) is 4.40 Å². The molecule has 3 unspecified atom stereocenters. The van der Waals surface area contributed by atoms with Gasteiger partial charge >= 0.3 is 0 Å². The zero-order valence-corrected chi connectivity index (χ0v) is 20.5. The van der Waals surface area contributed by atoms with Gasteiger partial charge in [0.2, 0.25) is 5.90 Å². The molecule has 2 aromatic heterocycles. The van der Waals surface area contributed by atoms with Gasteiger partial charge in [0.05, 0.1) is 22.8 Å². The molecule has 11 nitrogen and oxygen atoms in total. The molecule has 0 radical (unpaired) electrons. The van der Waals surface area contributed by atoms with E-state index in [-0.39, 0.29) is 30.1 Å². The van der Waals surface area contributed by atoms with Crippen LogP contribution in [0.3, 0.4) is 0 Å². The highest BCUT2D eigenvalue weighted by Crippen LogP contribution is 2.37. The minimum atomic E-state index is -1.03. The molecule has 3 atom stereocenters. The number of hydrogen-bond donors (Lipinski definition) is 5. The van der Waals surface area contributed by atoms with Crippen LogP contribution >= 0.6 is 23.3 Å². The predicted molar refractivity (Wildman–Crippen MR) is 129 cm³/mol. The molecule has 13 heteroatoms. The molecule has 2 aromatic rings. The second-order valence-electron chi connectivity index (χ2n) is 8.26. The molecule has 33 heavy (non-hydrogen) atoms. The maximum Gasteiger partial charge on any atom is 0.272 e. The number of aliphatic hydroxyl groups is 2. The quantitative estimate of drug-likeness (QED) is 0.241. The largest absolute Gasteiger partial charge is 0.495 e. The Labute approximate surface area is 199 Å². The summed E-state index contributed by atoms with van der Waals surface area (Å²) in [4.78, 5) is 28.3. The molecule has 0 spiro atoms. The minimum absolute atomic E-state index is 0.0360. The molecular formula is C20H26N8O3S2. The Kier molecular flexibility index (Phi) is 6.29. The summed E-state index contributed by atoms with van der Waals surface area (Å²) in [6.07, 6.45) is -0.779. The molecular weight excluding hydrogens is 464 g/mol. The highest BCUT2D eigenvalue weighted by molar-refractivity contribution is 7.99. The molecule has 0 saturated heterocycles. The first-order chi connectivity index (χ1) is 15.6. The number of aromatic nitrogens is 3. The lowest BCUT2D eigenvalue weighted by molar-refractivity contribution is 0.0906. The van der Waals surface area contributed by atoms with Crippen molar-refractivity contribution in [3.63, 3.8) is 0 Å². The standard InChI is InChI=1S/C20H26N8O3S2/c1-7(2)22-16(21)13-17(30)27-33-18(13)26-20-24-9(4)15(32-20)19(31)28-12(29)6-11-14(28)8(3)23-10(5)25-11/h7,12-13,18,29H,6H2,1-5H3,(H2,21,22)(H,24,26)(H,27,30). The van der Waals surface area contributed by atoms with E-state index in [0.717, 1.165) is 23.3 Å². The lowest BCUT2D eigenvalue weighted by atomic mass is 10.1. The van der Waals surface area contributed by atoms with Crippen LogP contribution in [0.25, 0.3) is 0 Å². The number of aliphatic hydroxyl groups excluding tert-OH is 2. The monoisotopic (exact) mass is 490 g/mol. The van der Waals surface area contributed by atoms with Crippen LogP contribution in [-0.4, -0.2) is 60.4 Å². The smallest absolute Gasteiger partial charge is 0.272 e. The molecule has 5 N–H and O–H groups in total. The van der Waals surface area contributed by atoms with E-state index in [9.17, 15) is 15.0 Å². The summed E-state index contributed by atoms with van der Waals surface area (Å²) in [7, 11) is 0. The molecule has 0 saturated carbocycles. The van der Waals surface area contributed by atoms with Crippen LogP contribution in [-0.2, 0) is 6.42 Å². The Bertz CT molecular complexity index is 1150. The SMILES string of the molecule is Cc1nc(C)c2c(n1)CC(O)N2C(=O)c1sc(NC2SN=C(O)C2C(=N)NC(C)C)nc1C. The molecule has 0 bridgehead atoms. The highest BCUT2D eigenvalue weighted by atomic mass is 32.2. The van der Waals surface area contributed by atoms with Crippen molar-refractivity contribution in [1.29, 1.82) is 5.41 Å². The Morgan fingerprint density at radius 1 is 1.21 bits per heavy atom. The summed E-state index contributed by atoms with van der Waals surface area (Å²) in [6, 6.07) is 0.0360. The van der Waals surface area contributed by atoms with E-state index in [4.69, 9.17) is 5.41 Å². The number of fused-ring (bicyclic) bond motifs is 1. The van der Waals surface area contributed by atoms with Crippen LogP contribution < -0.4 is 15.5 Å². The number of rotatable bonds is 5. The summed E-state index contributed by atoms with van der Waals surface area (Å²) in [5.41, 5.74) is 2.34. The number of amidine groups is 1. The number of carbonyl (C=O) groups excluding carboxylic acids is 1. The lowest BCUT2D eigenvalue weighted by Gasteiger charge is -2.22. The van der Waals surface area contributed by atoms with Gasteiger partial charge < -0.3 is 20.8 Å². The average molecular weight is 491 g/mol.